The number of thioether (sulfide) groups is 1. The molecule has 1 aliphatic rings. The van der Waals surface area contributed by atoms with Crippen LogP contribution < -0.4 is 10.6 Å². The van der Waals surface area contributed by atoms with Crippen LogP contribution in [-0.4, -0.2) is 17.6 Å². The van der Waals surface area contributed by atoms with E-state index in [0.29, 0.717) is 10.6 Å². The van der Waals surface area contributed by atoms with Crippen molar-refractivity contribution in [3.63, 3.8) is 0 Å². The zero-order chi connectivity index (χ0) is 22.7. The lowest BCUT2D eigenvalue weighted by Crippen LogP contribution is -2.31. The maximum Gasteiger partial charge on any atom is 0.234 e. The molecule has 5 nitrogen and oxygen atoms in total. The van der Waals surface area contributed by atoms with Gasteiger partial charge in [0.2, 0.25) is 11.8 Å². The summed E-state index contributed by atoms with van der Waals surface area (Å²) in [6, 6.07) is 21.9. The number of allylic oxidation sites excluding steroid dienone is 1. The Kier molecular flexibility index (Phi) is 6.29. The van der Waals surface area contributed by atoms with Crippen LogP contribution in [0.2, 0.25) is 0 Å². The molecule has 160 valence electrons. The highest BCUT2D eigenvalue weighted by Crippen LogP contribution is 2.38. The van der Waals surface area contributed by atoms with Gasteiger partial charge in [-0.2, -0.15) is 5.26 Å². The van der Waals surface area contributed by atoms with E-state index in [-0.39, 0.29) is 29.9 Å². The minimum absolute atomic E-state index is 0.0937. The van der Waals surface area contributed by atoms with Crippen molar-refractivity contribution >= 4 is 40.0 Å². The number of aryl methyl sites for hydroxylation is 1. The van der Waals surface area contributed by atoms with Gasteiger partial charge in [0, 0.05) is 18.0 Å². The molecule has 4 rings (SSSR count). The molecule has 2 amide bonds. The van der Waals surface area contributed by atoms with E-state index in [1.807, 2.05) is 74.5 Å². The fourth-order valence-corrected chi connectivity index (χ4v) is 4.84. The van der Waals surface area contributed by atoms with Crippen molar-refractivity contribution in [2.24, 2.45) is 0 Å². The second-order valence-corrected chi connectivity index (χ2v) is 8.80. The van der Waals surface area contributed by atoms with Crippen LogP contribution in [-0.2, 0) is 9.59 Å². The lowest BCUT2D eigenvalue weighted by atomic mass is 9.84. The van der Waals surface area contributed by atoms with Gasteiger partial charge in [-0.3, -0.25) is 9.59 Å². The minimum atomic E-state index is -0.343. The predicted octanol–water partition coefficient (Wildman–Crippen LogP) is 5.17. The highest BCUT2D eigenvalue weighted by atomic mass is 32.2. The van der Waals surface area contributed by atoms with Gasteiger partial charge in [0.25, 0.3) is 0 Å². The number of carbonyl (C=O) groups is 2. The third kappa shape index (κ3) is 4.39. The molecule has 6 heteroatoms. The fourth-order valence-electron chi connectivity index (χ4n) is 3.96. The van der Waals surface area contributed by atoms with E-state index < -0.39 is 0 Å². The third-order valence-corrected chi connectivity index (χ3v) is 6.80. The Hall–Kier alpha value is -3.56. The first-order valence-electron chi connectivity index (χ1n) is 10.4. The topological polar surface area (TPSA) is 82.0 Å². The molecule has 1 aliphatic heterocycles. The Morgan fingerprint density at radius 3 is 2.69 bits per heavy atom. The lowest BCUT2D eigenvalue weighted by molar-refractivity contribution is -0.121. The summed E-state index contributed by atoms with van der Waals surface area (Å²) in [6.45, 7) is 3.96. The number of nitriles is 1. The molecular weight excluding hydrogens is 418 g/mol. The van der Waals surface area contributed by atoms with Crippen molar-refractivity contribution in [3.05, 3.63) is 88.0 Å². The van der Waals surface area contributed by atoms with E-state index in [1.54, 1.807) is 0 Å². The van der Waals surface area contributed by atoms with Crippen LogP contribution in [0.5, 0.6) is 0 Å². The van der Waals surface area contributed by atoms with Crippen molar-refractivity contribution in [2.45, 2.75) is 26.2 Å². The van der Waals surface area contributed by atoms with Crippen LogP contribution in [0.4, 0.5) is 5.69 Å². The van der Waals surface area contributed by atoms with E-state index in [4.69, 9.17) is 0 Å². The van der Waals surface area contributed by atoms with Gasteiger partial charge in [-0.1, -0.05) is 66.4 Å². The van der Waals surface area contributed by atoms with Gasteiger partial charge >= 0.3 is 0 Å². The van der Waals surface area contributed by atoms with Crippen LogP contribution in [0, 0.1) is 25.2 Å². The number of hydrogen-bond acceptors (Lipinski definition) is 4. The summed E-state index contributed by atoms with van der Waals surface area (Å²) in [5.41, 5.74) is 4.33. The largest absolute Gasteiger partial charge is 0.325 e. The smallest absolute Gasteiger partial charge is 0.234 e. The Labute approximate surface area is 191 Å². The molecule has 1 heterocycles. The molecule has 1 atom stereocenters. The van der Waals surface area contributed by atoms with Crippen LogP contribution in [0.15, 0.2) is 71.3 Å². The van der Waals surface area contributed by atoms with Gasteiger partial charge in [0.1, 0.15) is 0 Å². The van der Waals surface area contributed by atoms with Gasteiger partial charge in [-0.15, -0.1) is 0 Å². The van der Waals surface area contributed by atoms with E-state index >= 15 is 0 Å². The zero-order valence-corrected chi connectivity index (χ0v) is 18.8. The number of carbonyl (C=O) groups excluding carboxylic acids is 2. The number of nitrogens with zero attached hydrogens (tertiary/aromatic N) is 1. The molecule has 0 saturated carbocycles. The summed E-state index contributed by atoms with van der Waals surface area (Å²) < 4.78 is 0. The number of hydrogen-bond donors (Lipinski definition) is 2. The molecule has 3 aromatic carbocycles. The molecule has 0 fully saturated rings. The Morgan fingerprint density at radius 1 is 1.12 bits per heavy atom. The van der Waals surface area contributed by atoms with Gasteiger partial charge in [0.05, 0.1) is 22.4 Å². The number of fused-ring (bicyclic) bond motifs is 1. The first-order valence-corrected chi connectivity index (χ1v) is 11.4. The molecular formula is C26H23N3O2S. The summed E-state index contributed by atoms with van der Waals surface area (Å²) in [4.78, 5) is 25.1. The molecule has 0 spiro atoms. The summed E-state index contributed by atoms with van der Waals surface area (Å²) in [5.74, 6) is -0.588. The standard InChI is InChI=1S/C26H23N3O2S/c1-16-7-5-12-23(17(16)2)28-25(31)15-32-26-22(14-27)21(13-24(30)29-26)20-11-6-9-18-8-3-4-10-19(18)20/h3-12,21H,13,15H2,1-2H3,(H,28,31)(H,29,30)/t21-/m0/s1. The third-order valence-electron chi connectivity index (χ3n) is 5.78. The van der Waals surface area contributed by atoms with E-state index in [2.05, 4.69) is 16.7 Å². The van der Waals surface area contributed by atoms with Crippen LogP contribution in [0.3, 0.4) is 0 Å². The number of nitrogens with one attached hydrogen (secondary N) is 2. The van der Waals surface area contributed by atoms with E-state index in [9.17, 15) is 14.9 Å². The normalized spacial score (nSPS) is 15.9. The fraction of sp³-hybridized carbons (Fsp3) is 0.192. The predicted molar refractivity (Wildman–Crippen MR) is 129 cm³/mol. The number of benzene rings is 3. The first-order chi connectivity index (χ1) is 15.5. The molecule has 0 aromatic heterocycles. The Balaban J connectivity index is 1.59. The van der Waals surface area contributed by atoms with Gasteiger partial charge in [-0.25, -0.2) is 0 Å². The molecule has 32 heavy (non-hydrogen) atoms. The van der Waals surface area contributed by atoms with Crippen molar-refractivity contribution in [1.29, 1.82) is 5.26 Å². The summed E-state index contributed by atoms with van der Waals surface area (Å²) >= 11 is 1.19. The van der Waals surface area contributed by atoms with Crippen LogP contribution in [0.25, 0.3) is 10.8 Å². The molecule has 3 aromatic rings. The van der Waals surface area contributed by atoms with Crippen molar-refractivity contribution in [2.75, 3.05) is 11.1 Å². The van der Waals surface area contributed by atoms with Crippen molar-refractivity contribution in [3.8, 4) is 6.07 Å². The summed E-state index contributed by atoms with van der Waals surface area (Å²) in [6.07, 6.45) is 0.204. The molecule has 0 unspecified atom stereocenters. The van der Waals surface area contributed by atoms with Crippen LogP contribution in [0.1, 0.15) is 29.0 Å². The minimum Gasteiger partial charge on any atom is -0.325 e. The Bertz CT molecular complexity index is 1280. The molecule has 0 radical (unpaired) electrons. The molecule has 0 aliphatic carbocycles. The lowest BCUT2D eigenvalue weighted by Gasteiger charge is -2.26. The number of rotatable bonds is 5. The average molecular weight is 442 g/mol. The van der Waals surface area contributed by atoms with Crippen LogP contribution >= 0.6 is 11.8 Å². The summed E-state index contributed by atoms with van der Waals surface area (Å²) in [5, 5.41) is 18.2. The highest BCUT2D eigenvalue weighted by Gasteiger charge is 2.30. The SMILES string of the molecule is Cc1cccc(NC(=O)CSC2=C(C#N)[C@H](c3cccc4ccccc34)CC(=O)N2)c1C. The highest BCUT2D eigenvalue weighted by molar-refractivity contribution is 8.03. The Morgan fingerprint density at radius 2 is 1.88 bits per heavy atom. The average Bonchev–Trinajstić information content (AvgIpc) is 2.80. The van der Waals surface area contributed by atoms with E-state index in [1.165, 1.54) is 11.8 Å². The molecule has 2 N–H and O–H groups in total. The number of anilines is 1. The monoisotopic (exact) mass is 441 g/mol. The van der Waals surface area contributed by atoms with Gasteiger partial charge in [-0.05, 0) is 47.4 Å². The zero-order valence-electron chi connectivity index (χ0n) is 17.9. The van der Waals surface area contributed by atoms with Crippen molar-refractivity contribution in [1.82, 2.24) is 5.32 Å². The maximum atomic E-state index is 12.6. The molecule has 0 bridgehead atoms. The second-order valence-electron chi connectivity index (χ2n) is 7.81. The first kappa shape index (κ1) is 21.7. The molecule has 0 saturated heterocycles. The number of amides is 2. The second kappa shape index (κ2) is 9.29. The maximum absolute atomic E-state index is 12.6. The summed E-state index contributed by atoms with van der Waals surface area (Å²) in [7, 11) is 0. The van der Waals surface area contributed by atoms with Gasteiger partial charge in [0.15, 0.2) is 0 Å². The van der Waals surface area contributed by atoms with Gasteiger partial charge < -0.3 is 10.6 Å². The van der Waals surface area contributed by atoms with E-state index in [0.717, 1.165) is 33.2 Å². The van der Waals surface area contributed by atoms with Crippen molar-refractivity contribution < 1.29 is 9.59 Å². The quantitative estimate of drug-likeness (QED) is 0.572.